The van der Waals surface area contributed by atoms with Crippen molar-refractivity contribution in [1.29, 1.82) is 0 Å². The SMILES string of the molecule is CC(C)Cc1ccc(Oc2ccsc2)cc1. The first-order valence-corrected chi connectivity index (χ1v) is 6.47. The highest BCUT2D eigenvalue weighted by Crippen LogP contribution is 2.24. The number of ether oxygens (including phenoxy) is 1. The molecule has 2 rings (SSSR count). The molecule has 0 aliphatic rings. The molecule has 2 heteroatoms. The van der Waals surface area contributed by atoms with E-state index < -0.39 is 0 Å². The number of thiophene rings is 1. The topological polar surface area (TPSA) is 9.23 Å². The first-order chi connectivity index (χ1) is 7.74. The summed E-state index contributed by atoms with van der Waals surface area (Å²) in [5.41, 5.74) is 1.37. The van der Waals surface area contributed by atoms with Crippen LogP contribution in [0.15, 0.2) is 41.1 Å². The van der Waals surface area contributed by atoms with Crippen LogP contribution in [0.4, 0.5) is 0 Å². The molecule has 2 aromatic rings. The summed E-state index contributed by atoms with van der Waals surface area (Å²) in [6, 6.07) is 10.3. The van der Waals surface area contributed by atoms with Crippen LogP contribution >= 0.6 is 11.3 Å². The molecule has 0 N–H and O–H groups in total. The first kappa shape index (κ1) is 11.2. The van der Waals surface area contributed by atoms with Gasteiger partial charge in [0.2, 0.25) is 0 Å². The second-order valence-corrected chi connectivity index (χ2v) is 5.08. The van der Waals surface area contributed by atoms with Crippen molar-refractivity contribution in [2.45, 2.75) is 20.3 Å². The molecule has 0 radical (unpaired) electrons. The summed E-state index contributed by atoms with van der Waals surface area (Å²) in [6.07, 6.45) is 1.12. The normalized spacial score (nSPS) is 10.7. The molecule has 1 aromatic heterocycles. The maximum absolute atomic E-state index is 5.69. The van der Waals surface area contributed by atoms with Crippen LogP contribution in [0, 0.1) is 5.92 Å². The number of hydrogen-bond donors (Lipinski definition) is 0. The van der Waals surface area contributed by atoms with Crippen molar-refractivity contribution in [2.75, 3.05) is 0 Å². The van der Waals surface area contributed by atoms with Crippen molar-refractivity contribution >= 4 is 11.3 Å². The van der Waals surface area contributed by atoms with E-state index in [2.05, 4.69) is 26.0 Å². The van der Waals surface area contributed by atoms with E-state index in [-0.39, 0.29) is 0 Å². The molecule has 1 heterocycles. The minimum atomic E-state index is 0.698. The number of hydrogen-bond acceptors (Lipinski definition) is 2. The summed E-state index contributed by atoms with van der Waals surface area (Å²) in [7, 11) is 0. The Labute approximate surface area is 101 Å². The van der Waals surface area contributed by atoms with Crippen molar-refractivity contribution in [3.63, 3.8) is 0 Å². The summed E-state index contributed by atoms with van der Waals surface area (Å²) in [5.74, 6) is 2.52. The van der Waals surface area contributed by atoms with Crippen LogP contribution in [0.25, 0.3) is 0 Å². The van der Waals surface area contributed by atoms with Gasteiger partial charge in [0.15, 0.2) is 0 Å². The lowest BCUT2D eigenvalue weighted by Crippen LogP contribution is -1.93. The Kier molecular flexibility index (Phi) is 3.62. The van der Waals surface area contributed by atoms with Crippen LogP contribution < -0.4 is 4.74 Å². The minimum Gasteiger partial charge on any atom is -0.457 e. The minimum absolute atomic E-state index is 0.698. The van der Waals surface area contributed by atoms with E-state index in [0.29, 0.717) is 5.92 Å². The van der Waals surface area contributed by atoms with Crippen LogP contribution in [-0.4, -0.2) is 0 Å². The standard InChI is InChI=1S/C14H16OS/c1-11(2)9-12-3-5-13(6-4-12)15-14-7-8-16-10-14/h3-8,10-11H,9H2,1-2H3. The second-order valence-electron chi connectivity index (χ2n) is 4.30. The Bertz CT molecular complexity index is 415. The third kappa shape index (κ3) is 3.11. The monoisotopic (exact) mass is 232 g/mol. The molecule has 0 amide bonds. The van der Waals surface area contributed by atoms with Gasteiger partial charge in [-0.2, -0.15) is 0 Å². The molecule has 0 unspecified atom stereocenters. The van der Waals surface area contributed by atoms with Crippen LogP contribution in [0.3, 0.4) is 0 Å². The van der Waals surface area contributed by atoms with Crippen molar-refractivity contribution in [1.82, 2.24) is 0 Å². The third-order valence-corrected chi connectivity index (χ3v) is 2.96. The van der Waals surface area contributed by atoms with Gasteiger partial charge in [0.05, 0.1) is 0 Å². The van der Waals surface area contributed by atoms with Gasteiger partial charge in [0, 0.05) is 5.38 Å². The molecule has 0 saturated carbocycles. The fraction of sp³-hybridized carbons (Fsp3) is 0.286. The second kappa shape index (κ2) is 5.17. The zero-order valence-electron chi connectivity index (χ0n) is 9.64. The number of rotatable bonds is 4. The summed E-state index contributed by atoms with van der Waals surface area (Å²) < 4.78 is 5.69. The summed E-state index contributed by atoms with van der Waals surface area (Å²) in [4.78, 5) is 0. The van der Waals surface area contributed by atoms with Gasteiger partial charge < -0.3 is 4.74 Å². The lowest BCUT2D eigenvalue weighted by atomic mass is 10.0. The molecule has 84 valence electrons. The van der Waals surface area contributed by atoms with E-state index >= 15 is 0 Å². The Morgan fingerprint density at radius 1 is 1.06 bits per heavy atom. The van der Waals surface area contributed by atoms with Gasteiger partial charge in [-0.05, 0) is 41.5 Å². The molecule has 1 nitrogen and oxygen atoms in total. The molecule has 1 aromatic carbocycles. The van der Waals surface area contributed by atoms with Gasteiger partial charge in [-0.1, -0.05) is 26.0 Å². The van der Waals surface area contributed by atoms with Crippen LogP contribution in [-0.2, 0) is 6.42 Å². The average Bonchev–Trinajstić information content (AvgIpc) is 2.73. The lowest BCUT2D eigenvalue weighted by Gasteiger charge is -2.07. The molecular formula is C14H16OS. The van der Waals surface area contributed by atoms with Crippen LogP contribution in [0.1, 0.15) is 19.4 Å². The largest absolute Gasteiger partial charge is 0.457 e. The molecule has 0 atom stereocenters. The predicted octanol–water partition coefficient (Wildman–Crippen LogP) is 4.74. The van der Waals surface area contributed by atoms with Crippen LogP contribution in [0.5, 0.6) is 11.5 Å². The fourth-order valence-corrected chi connectivity index (χ4v) is 2.16. The molecular weight excluding hydrogens is 216 g/mol. The van der Waals surface area contributed by atoms with E-state index in [0.717, 1.165) is 17.9 Å². The first-order valence-electron chi connectivity index (χ1n) is 5.53. The molecule has 0 bridgehead atoms. The molecule has 0 aliphatic carbocycles. The highest BCUT2D eigenvalue weighted by Gasteiger charge is 2.00. The van der Waals surface area contributed by atoms with E-state index in [4.69, 9.17) is 4.74 Å². The zero-order valence-corrected chi connectivity index (χ0v) is 10.5. The Hall–Kier alpha value is -1.28. The molecule has 0 spiro atoms. The summed E-state index contributed by atoms with van der Waals surface area (Å²) >= 11 is 1.65. The molecule has 0 fully saturated rings. The van der Waals surface area contributed by atoms with Gasteiger partial charge in [-0.25, -0.2) is 0 Å². The Morgan fingerprint density at radius 2 is 1.81 bits per heavy atom. The zero-order chi connectivity index (χ0) is 11.4. The molecule has 0 aliphatic heterocycles. The highest BCUT2D eigenvalue weighted by molar-refractivity contribution is 7.08. The quantitative estimate of drug-likeness (QED) is 0.740. The molecule has 16 heavy (non-hydrogen) atoms. The highest BCUT2D eigenvalue weighted by atomic mass is 32.1. The maximum atomic E-state index is 5.69. The average molecular weight is 232 g/mol. The van der Waals surface area contributed by atoms with E-state index in [1.165, 1.54) is 5.56 Å². The van der Waals surface area contributed by atoms with Gasteiger partial charge in [-0.3, -0.25) is 0 Å². The lowest BCUT2D eigenvalue weighted by molar-refractivity contribution is 0.484. The van der Waals surface area contributed by atoms with E-state index in [1.807, 2.05) is 29.0 Å². The third-order valence-electron chi connectivity index (χ3n) is 2.30. The summed E-state index contributed by atoms with van der Waals surface area (Å²) in [5, 5.41) is 4.02. The number of benzene rings is 1. The maximum Gasteiger partial charge on any atom is 0.138 e. The van der Waals surface area contributed by atoms with E-state index in [1.54, 1.807) is 11.3 Å². The van der Waals surface area contributed by atoms with Crippen molar-refractivity contribution in [3.05, 3.63) is 46.7 Å². The smallest absolute Gasteiger partial charge is 0.138 e. The summed E-state index contributed by atoms with van der Waals surface area (Å²) in [6.45, 7) is 4.46. The van der Waals surface area contributed by atoms with Crippen molar-refractivity contribution < 1.29 is 4.74 Å². The van der Waals surface area contributed by atoms with Gasteiger partial charge in [0.25, 0.3) is 0 Å². The van der Waals surface area contributed by atoms with Crippen molar-refractivity contribution in [2.24, 2.45) is 5.92 Å². The molecule has 0 saturated heterocycles. The predicted molar refractivity (Wildman–Crippen MR) is 69.4 cm³/mol. The van der Waals surface area contributed by atoms with Gasteiger partial charge >= 0.3 is 0 Å². The van der Waals surface area contributed by atoms with E-state index in [9.17, 15) is 0 Å². The Morgan fingerprint density at radius 3 is 2.38 bits per heavy atom. The Balaban J connectivity index is 2.02. The van der Waals surface area contributed by atoms with Crippen LogP contribution in [0.2, 0.25) is 0 Å². The fourth-order valence-electron chi connectivity index (χ4n) is 1.61. The van der Waals surface area contributed by atoms with Gasteiger partial charge in [0.1, 0.15) is 11.5 Å². The van der Waals surface area contributed by atoms with Gasteiger partial charge in [-0.15, -0.1) is 11.3 Å². The van der Waals surface area contributed by atoms with Crippen molar-refractivity contribution in [3.8, 4) is 11.5 Å².